The Kier molecular flexibility index (Phi) is 6.51. The zero-order valence-electron chi connectivity index (χ0n) is 14.2. The molecule has 1 heterocycles. The Labute approximate surface area is 150 Å². The van der Waals surface area contributed by atoms with Crippen LogP contribution in [0.3, 0.4) is 0 Å². The maximum atomic E-state index is 11.4. The average Bonchev–Trinajstić information content (AvgIpc) is 2.58. The highest BCUT2D eigenvalue weighted by atomic mass is 32.2. The summed E-state index contributed by atoms with van der Waals surface area (Å²) < 4.78 is 0. The summed E-state index contributed by atoms with van der Waals surface area (Å²) in [7, 11) is 0. The van der Waals surface area contributed by atoms with E-state index in [0.29, 0.717) is 47.8 Å². The fourth-order valence-corrected chi connectivity index (χ4v) is 2.85. The van der Waals surface area contributed by atoms with Gasteiger partial charge in [0.25, 0.3) is 5.69 Å². The van der Waals surface area contributed by atoms with Gasteiger partial charge in [-0.15, -0.1) is 0 Å². The molecule has 0 saturated carbocycles. The van der Waals surface area contributed by atoms with Crippen LogP contribution in [0.2, 0.25) is 0 Å². The van der Waals surface area contributed by atoms with Crippen LogP contribution in [0, 0.1) is 16.0 Å². The molecule has 0 fully saturated rings. The summed E-state index contributed by atoms with van der Waals surface area (Å²) in [5.74, 6) is -0.226. The Balaban J connectivity index is 2.18. The van der Waals surface area contributed by atoms with Crippen molar-refractivity contribution in [3.8, 4) is 0 Å². The van der Waals surface area contributed by atoms with Gasteiger partial charge in [0.1, 0.15) is 0 Å². The molecule has 9 heteroatoms. The molecular weight excluding hydrogens is 342 g/mol. The number of carbonyl (C=O) groups is 1. The van der Waals surface area contributed by atoms with Crippen LogP contribution >= 0.6 is 11.8 Å². The summed E-state index contributed by atoms with van der Waals surface area (Å²) in [6, 6.07) is 5.09. The number of thioether (sulfide) groups is 1. The lowest BCUT2D eigenvalue weighted by Crippen LogP contribution is -2.32. The summed E-state index contributed by atoms with van der Waals surface area (Å²) in [6.45, 7) is 2.41. The molecule has 1 aromatic rings. The molecule has 1 aliphatic heterocycles. The third-order valence-electron chi connectivity index (χ3n) is 3.92. The molecule has 0 aromatic heterocycles. The van der Waals surface area contributed by atoms with Crippen molar-refractivity contribution in [2.45, 2.75) is 26.2 Å². The number of nitrogens with zero attached hydrogens (tertiary/aromatic N) is 3. The monoisotopic (exact) mass is 363 g/mol. The summed E-state index contributed by atoms with van der Waals surface area (Å²) in [6.07, 6.45) is 3.39. The number of nitrogens with two attached hydrogens (primary N) is 1. The van der Waals surface area contributed by atoms with Crippen LogP contribution in [0.4, 0.5) is 5.69 Å². The van der Waals surface area contributed by atoms with E-state index in [4.69, 9.17) is 5.73 Å². The normalized spacial score (nSPS) is 17.8. The quantitative estimate of drug-likeness (QED) is 0.263. The van der Waals surface area contributed by atoms with Crippen molar-refractivity contribution in [1.29, 1.82) is 0 Å². The molecule has 3 N–H and O–H groups in total. The van der Waals surface area contributed by atoms with Crippen molar-refractivity contribution in [3.05, 3.63) is 39.4 Å². The number of amidine groups is 1. The molecule has 0 saturated heterocycles. The zero-order valence-corrected chi connectivity index (χ0v) is 15.0. The minimum Gasteiger partial charge on any atom is -0.379 e. The maximum Gasteiger partial charge on any atom is 0.273 e. The molecule has 1 unspecified atom stereocenters. The smallest absolute Gasteiger partial charge is 0.273 e. The number of aryl methyl sites for hydroxylation is 1. The van der Waals surface area contributed by atoms with Crippen molar-refractivity contribution >= 4 is 34.2 Å². The van der Waals surface area contributed by atoms with Gasteiger partial charge in [-0.3, -0.25) is 19.9 Å². The van der Waals surface area contributed by atoms with Crippen molar-refractivity contribution in [3.63, 3.8) is 0 Å². The summed E-state index contributed by atoms with van der Waals surface area (Å²) in [5.41, 5.74) is 10.1. The topological polar surface area (TPSA) is 123 Å². The summed E-state index contributed by atoms with van der Waals surface area (Å²) in [5, 5.41) is 16.0. The van der Waals surface area contributed by atoms with E-state index in [0.717, 1.165) is 0 Å². The second kappa shape index (κ2) is 8.61. The molecule has 0 bridgehead atoms. The number of amides is 1. The highest BCUT2D eigenvalue weighted by Crippen LogP contribution is 2.25. The van der Waals surface area contributed by atoms with Gasteiger partial charge in [-0.25, -0.2) is 5.43 Å². The predicted octanol–water partition coefficient (Wildman–Crippen LogP) is 2.07. The standard InChI is InChI=1S/C16H21N5O3S/c1-10-8-14(22)19-20-15(10)12-6-5-11(13(9-12)21(23)24)4-3-7-18-16(17)25-2/h5-6,9-10H,3-4,7-8H2,1-2H3,(H2,17,18)(H,19,22). The van der Waals surface area contributed by atoms with Crippen LogP contribution in [0.15, 0.2) is 28.3 Å². The summed E-state index contributed by atoms with van der Waals surface area (Å²) in [4.78, 5) is 26.6. The minimum atomic E-state index is -0.384. The molecule has 2 rings (SSSR count). The lowest BCUT2D eigenvalue weighted by atomic mass is 9.92. The number of hydrogen-bond donors (Lipinski definition) is 2. The van der Waals surface area contributed by atoms with Gasteiger partial charge in [-0.1, -0.05) is 30.8 Å². The Morgan fingerprint density at radius 1 is 1.56 bits per heavy atom. The van der Waals surface area contributed by atoms with Gasteiger partial charge >= 0.3 is 0 Å². The van der Waals surface area contributed by atoms with E-state index in [1.165, 1.54) is 17.8 Å². The van der Waals surface area contributed by atoms with Crippen molar-refractivity contribution in [2.75, 3.05) is 12.8 Å². The lowest BCUT2D eigenvalue weighted by Gasteiger charge is -2.19. The van der Waals surface area contributed by atoms with E-state index in [1.807, 2.05) is 19.2 Å². The van der Waals surface area contributed by atoms with E-state index < -0.39 is 0 Å². The van der Waals surface area contributed by atoms with Gasteiger partial charge in [0.05, 0.1) is 10.6 Å². The first-order valence-corrected chi connectivity index (χ1v) is 9.13. The fraction of sp³-hybridized carbons (Fsp3) is 0.438. The van der Waals surface area contributed by atoms with Crippen LogP contribution in [0.1, 0.15) is 30.9 Å². The van der Waals surface area contributed by atoms with Gasteiger partial charge in [0.2, 0.25) is 5.91 Å². The van der Waals surface area contributed by atoms with Crippen LogP contribution in [-0.4, -0.2) is 34.5 Å². The SMILES string of the molecule is CSC(N)=NCCCc1ccc(C2=NNC(=O)CC2C)cc1[N+](=O)[O-]. The first-order valence-electron chi connectivity index (χ1n) is 7.90. The molecule has 0 radical (unpaired) electrons. The molecule has 25 heavy (non-hydrogen) atoms. The first kappa shape index (κ1) is 18.9. The largest absolute Gasteiger partial charge is 0.379 e. The van der Waals surface area contributed by atoms with Crippen LogP contribution in [-0.2, 0) is 11.2 Å². The number of carbonyl (C=O) groups excluding carboxylic acids is 1. The number of nitro groups is 1. The average molecular weight is 363 g/mol. The van der Waals surface area contributed by atoms with Crippen molar-refractivity contribution < 1.29 is 9.72 Å². The molecular formula is C16H21N5O3S. The number of rotatable bonds is 6. The van der Waals surface area contributed by atoms with E-state index >= 15 is 0 Å². The Morgan fingerprint density at radius 3 is 2.96 bits per heavy atom. The van der Waals surface area contributed by atoms with Gasteiger partial charge in [-0.2, -0.15) is 5.10 Å². The second-order valence-corrected chi connectivity index (χ2v) is 6.59. The van der Waals surface area contributed by atoms with E-state index in [2.05, 4.69) is 15.5 Å². The molecule has 8 nitrogen and oxygen atoms in total. The Bertz CT molecular complexity index is 732. The molecule has 1 amide bonds. The molecule has 1 aliphatic rings. The fourth-order valence-electron chi connectivity index (χ4n) is 2.63. The van der Waals surface area contributed by atoms with Crippen LogP contribution in [0.5, 0.6) is 0 Å². The molecule has 1 atom stereocenters. The van der Waals surface area contributed by atoms with Gasteiger partial charge < -0.3 is 5.73 Å². The maximum absolute atomic E-state index is 11.4. The molecule has 1 aromatic carbocycles. The second-order valence-electron chi connectivity index (χ2n) is 5.77. The van der Waals surface area contributed by atoms with E-state index in [1.54, 1.807) is 6.07 Å². The van der Waals surface area contributed by atoms with Crippen molar-refractivity contribution in [2.24, 2.45) is 21.7 Å². The Hall–Kier alpha value is -2.42. The van der Waals surface area contributed by atoms with Crippen LogP contribution in [0.25, 0.3) is 0 Å². The minimum absolute atomic E-state index is 0.0612. The molecule has 0 spiro atoms. The number of aliphatic imine (C=N–C) groups is 1. The molecule has 0 aliphatic carbocycles. The predicted molar refractivity (Wildman–Crippen MR) is 99.9 cm³/mol. The zero-order chi connectivity index (χ0) is 18.4. The number of nitro benzene ring substituents is 1. The number of hydrogen-bond acceptors (Lipinski definition) is 6. The van der Waals surface area contributed by atoms with Crippen LogP contribution < -0.4 is 11.2 Å². The number of nitrogens with one attached hydrogen (secondary N) is 1. The number of hydrazone groups is 1. The van der Waals surface area contributed by atoms with E-state index in [9.17, 15) is 14.9 Å². The van der Waals surface area contributed by atoms with Gasteiger partial charge in [0.15, 0.2) is 5.17 Å². The first-order chi connectivity index (χ1) is 11.9. The Morgan fingerprint density at radius 2 is 2.32 bits per heavy atom. The summed E-state index contributed by atoms with van der Waals surface area (Å²) >= 11 is 1.37. The van der Waals surface area contributed by atoms with E-state index in [-0.39, 0.29) is 22.4 Å². The van der Waals surface area contributed by atoms with Gasteiger partial charge in [-0.05, 0) is 19.1 Å². The molecule has 134 valence electrons. The van der Waals surface area contributed by atoms with Crippen molar-refractivity contribution in [1.82, 2.24) is 5.43 Å². The number of benzene rings is 1. The highest BCUT2D eigenvalue weighted by molar-refractivity contribution is 8.13. The highest BCUT2D eigenvalue weighted by Gasteiger charge is 2.24. The van der Waals surface area contributed by atoms with Gasteiger partial charge in [0, 0.05) is 36.1 Å². The lowest BCUT2D eigenvalue weighted by molar-refractivity contribution is -0.385. The third kappa shape index (κ3) is 5.02. The third-order valence-corrected chi connectivity index (χ3v) is 4.47.